The van der Waals surface area contributed by atoms with Crippen molar-refractivity contribution in [1.29, 1.82) is 0 Å². The molecule has 0 unspecified atom stereocenters. The molecule has 0 bridgehead atoms. The highest BCUT2D eigenvalue weighted by Crippen LogP contribution is 2.09. The fourth-order valence-electron chi connectivity index (χ4n) is 1.57. The molecule has 18 heavy (non-hydrogen) atoms. The zero-order chi connectivity index (χ0) is 13.0. The van der Waals surface area contributed by atoms with E-state index in [0.29, 0.717) is 25.3 Å². The first-order chi connectivity index (χ1) is 8.66. The van der Waals surface area contributed by atoms with Crippen LogP contribution in [-0.4, -0.2) is 32.4 Å². The number of furan rings is 1. The van der Waals surface area contributed by atoms with Gasteiger partial charge in [0.15, 0.2) is 5.82 Å². The van der Waals surface area contributed by atoms with Crippen LogP contribution in [0.1, 0.15) is 21.9 Å². The first-order valence-corrected chi connectivity index (χ1v) is 5.51. The zero-order valence-electron chi connectivity index (χ0n) is 9.96. The van der Waals surface area contributed by atoms with Crippen LogP contribution in [0, 0.1) is 0 Å². The van der Waals surface area contributed by atoms with Crippen LogP contribution >= 0.6 is 0 Å². The number of hydrogen-bond donors (Lipinski definition) is 2. The molecule has 7 heteroatoms. The first-order valence-electron chi connectivity index (χ1n) is 5.51. The van der Waals surface area contributed by atoms with Crippen LogP contribution in [0.4, 0.5) is 0 Å². The molecule has 0 aromatic carbocycles. The van der Waals surface area contributed by atoms with E-state index in [0.717, 1.165) is 5.82 Å². The molecule has 2 aromatic rings. The summed E-state index contributed by atoms with van der Waals surface area (Å²) >= 11 is 0. The lowest BCUT2D eigenvalue weighted by molar-refractivity contribution is 0.0694. The van der Waals surface area contributed by atoms with E-state index in [1.165, 1.54) is 12.3 Å². The highest BCUT2D eigenvalue weighted by atomic mass is 16.4. The second-order valence-electron chi connectivity index (χ2n) is 3.82. The van der Waals surface area contributed by atoms with Crippen LogP contribution in [0.2, 0.25) is 0 Å². The van der Waals surface area contributed by atoms with Crippen molar-refractivity contribution in [1.82, 2.24) is 20.1 Å². The Bertz CT molecular complexity index is 532. The maximum absolute atomic E-state index is 10.8. The van der Waals surface area contributed by atoms with Crippen molar-refractivity contribution >= 4 is 5.97 Å². The normalized spacial score (nSPS) is 10.7. The fraction of sp³-hybridized carbons (Fsp3) is 0.364. The Balaban J connectivity index is 1.78. The van der Waals surface area contributed by atoms with E-state index in [9.17, 15) is 4.79 Å². The summed E-state index contributed by atoms with van der Waals surface area (Å²) in [5, 5.41) is 16.1. The number of nitrogens with zero attached hydrogens (tertiary/aromatic N) is 3. The summed E-state index contributed by atoms with van der Waals surface area (Å²) in [6, 6.07) is 1.44. The van der Waals surface area contributed by atoms with Gasteiger partial charge in [-0.25, -0.2) is 9.78 Å². The van der Waals surface area contributed by atoms with E-state index < -0.39 is 5.97 Å². The zero-order valence-corrected chi connectivity index (χ0v) is 9.96. The van der Waals surface area contributed by atoms with Gasteiger partial charge in [-0.15, -0.1) is 0 Å². The lowest BCUT2D eigenvalue weighted by atomic mass is 10.2. The van der Waals surface area contributed by atoms with Gasteiger partial charge in [0.1, 0.15) is 17.7 Å². The van der Waals surface area contributed by atoms with E-state index in [1.54, 1.807) is 11.0 Å². The predicted molar refractivity (Wildman–Crippen MR) is 62.1 cm³/mol. The average Bonchev–Trinajstić information content (AvgIpc) is 2.93. The quantitative estimate of drug-likeness (QED) is 0.722. The minimum absolute atomic E-state index is 0.193. The molecule has 0 aliphatic heterocycles. The summed E-state index contributed by atoms with van der Waals surface area (Å²) < 4.78 is 6.75. The number of carboxylic acids is 1. The lowest BCUT2D eigenvalue weighted by Gasteiger charge is -2.01. The molecule has 2 heterocycles. The molecule has 2 rings (SSSR count). The van der Waals surface area contributed by atoms with Crippen LogP contribution in [-0.2, 0) is 20.0 Å². The summed E-state index contributed by atoms with van der Waals surface area (Å²) in [4.78, 5) is 14.9. The Morgan fingerprint density at radius 2 is 2.44 bits per heavy atom. The molecule has 96 valence electrons. The molecule has 2 aromatic heterocycles. The van der Waals surface area contributed by atoms with Gasteiger partial charge in [0.05, 0.1) is 12.8 Å². The molecular weight excluding hydrogens is 236 g/mol. The summed E-state index contributed by atoms with van der Waals surface area (Å²) in [6.45, 7) is 1.03. The van der Waals surface area contributed by atoms with Gasteiger partial charge in [0.25, 0.3) is 0 Å². The van der Waals surface area contributed by atoms with Crippen molar-refractivity contribution < 1.29 is 14.3 Å². The fourth-order valence-corrected chi connectivity index (χ4v) is 1.57. The van der Waals surface area contributed by atoms with Crippen LogP contribution in [0.5, 0.6) is 0 Å². The highest BCUT2D eigenvalue weighted by Gasteiger charge is 2.12. The second-order valence-corrected chi connectivity index (χ2v) is 3.82. The Morgan fingerprint density at radius 3 is 3.11 bits per heavy atom. The third-order valence-corrected chi connectivity index (χ3v) is 2.43. The van der Waals surface area contributed by atoms with Gasteiger partial charge in [0, 0.05) is 20.0 Å². The van der Waals surface area contributed by atoms with Crippen LogP contribution in [0.3, 0.4) is 0 Å². The third-order valence-electron chi connectivity index (χ3n) is 2.43. The molecular formula is C11H14N4O3. The number of carbonyl (C=O) groups is 1. The topological polar surface area (TPSA) is 93.2 Å². The predicted octanol–water partition coefficient (Wildman–Crippen LogP) is 0.439. The molecule has 0 amide bonds. The van der Waals surface area contributed by atoms with Crippen molar-refractivity contribution in [3.05, 3.63) is 35.8 Å². The van der Waals surface area contributed by atoms with Crippen molar-refractivity contribution in [2.75, 3.05) is 6.54 Å². The maximum atomic E-state index is 10.8. The van der Waals surface area contributed by atoms with E-state index in [-0.39, 0.29) is 5.56 Å². The summed E-state index contributed by atoms with van der Waals surface area (Å²) in [5.41, 5.74) is 0.193. The van der Waals surface area contributed by atoms with Crippen LogP contribution in [0.25, 0.3) is 0 Å². The smallest absolute Gasteiger partial charge is 0.339 e. The minimum atomic E-state index is -0.980. The van der Waals surface area contributed by atoms with Crippen molar-refractivity contribution in [2.45, 2.75) is 13.0 Å². The molecule has 0 spiro atoms. The summed E-state index contributed by atoms with van der Waals surface area (Å²) in [7, 11) is 1.81. The largest absolute Gasteiger partial charge is 0.478 e. The van der Waals surface area contributed by atoms with Gasteiger partial charge in [-0.05, 0) is 6.07 Å². The van der Waals surface area contributed by atoms with E-state index >= 15 is 0 Å². The SMILES string of the molecule is Cn1cnc(CCNCc2occc2C(=O)O)n1. The average molecular weight is 250 g/mol. The number of hydrogen-bond acceptors (Lipinski definition) is 5. The van der Waals surface area contributed by atoms with Gasteiger partial charge in [0.2, 0.25) is 0 Å². The number of rotatable bonds is 6. The number of carboxylic acid groups (broad SMARTS) is 1. The molecule has 0 fully saturated rings. The Hall–Kier alpha value is -2.15. The van der Waals surface area contributed by atoms with Crippen molar-refractivity contribution in [3.8, 4) is 0 Å². The standard InChI is InChI=1S/C11H14N4O3/c1-15-7-13-10(14-15)2-4-12-6-9-8(11(16)17)3-5-18-9/h3,5,7,12H,2,4,6H2,1H3,(H,16,17). The maximum Gasteiger partial charge on any atom is 0.339 e. The minimum Gasteiger partial charge on any atom is -0.478 e. The van der Waals surface area contributed by atoms with Crippen LogP contribution in [0.15, 0.2) is 23.1 Å². The Morgan fingerprint density at radius 1 is 1.61 bits per heavy atom. The van der Waals surface area contributed by atoms with E-state index in [1.807, 2.05) is 7.05 Å². The Labute approximate surface area is 103 Å². The molecule has 0 aliphatic rings. The van der Waals surface area contributed by atoms with Gasteiger partial charge in [-0.3, -0.25) is 4.68 Å². The van der Waals surface area contributed by atoms with Gasteiger partial charge < -0.3 is 14.8 Å². The third kappa shape index (κ3) is 2.95. The molecule has 0 aliphatic carbocycles. The van der Waals surface area contributed by atoms with Crippen LogP contribution < -0.4 is 5.32 Å². The van der Waals surface area contributed by atoms with Gasteiger partial charge in [-0.2, -0.15) is 5.10 Å². The van der Waals surface area contributed by atoms with Gasteiger partial charge in [-0.1, -0.05) is 0 Å². The van der Waals surface area contributed by atoms with Crippen molar-refractivity contribution in [3.63, 3.8) is 0 Å². The summed E-state index contributed by atoms with van der Waals surface area (Å²) in [6.07, 6.45) is 3.70. The van der Waals surface area contributed by atoms with Crippen molar-refractivity contribution in [2.24, 2.45) is 7.05 Å². The molecule has 2 N–H and O–H groups in total. The monoisotopic (exact) mass is 250 g/mol. The highest BCUT2D eigenvalue weighted by molar-refractivity contribution is 5.88. The Kier molecular flexibility index (Phi) is 3.73. The number of nitrogens with one attached hydrogen (secondary N) is 1. The number of aromatic carboxylic acids is 1. The molecule has 0 atom stereocenters. The number of aromatic nitrogens is 3. The van der Waals surface area contributed by atoms with E-state index in [4.69, 9.17) is 9.52 Å². The second kappa shape index (κ2) is 5.46. The molecule has 0 saturated heterocycles. The number of aryl methyl sites for hydroxylation is 1. The summed E-state index contributed by atoms with van der Waals surface area (Å²) in [5.74, 6) is 0.200. The first kappa shape index (κ1) is 12.3. The van der Waals surface area contributed by atoms with E-state index in [2.05, 4.69) is 15.4 Å². The lowest BCUT2D eigenvalue weighted by Crippen LogP contribution is -2.18. The molecule has 0 saturated carbocycles. The van der Waals surface area contributed by atoms with Gasteiger partial charge >= 0.3 is 5.97 Å². The molecule has 0 radical (unpaired) electrons. The molecule has 7 nitrogen and oxygen atoms in total.